The number of carbonyl (C=O) groups is 1. The van der Waals surface area contributed by atoms with E-state index >= 15 is 0 Å². The first kappa shape index (κ1) is 25.6. The smallest absolute Gasteiger partial charge is 0.339 e. The van der Waals surface area contributed by atoms with Crippen LogP contribution in [0.15, 0.2) is 42.5 Å². The predicted molar refractivity (Wildman–Crippen MR) is 131 cm³/mol. The number of halogens is 5. The minimum Gasteiger partial charge on any atom is -0.339 e. The zero-order valence-corrected chi connectivity index (χ0v) is 21.0. The number of hydrogen-bond donors (Lipinski definition) is 0. The van der Waals surface area contributed by atoms with E-state index < -0.39 is 22.8 Å². The maximum atomic E-state index is 14.8. The standard InChI is InChI=1S/C28H30F5NOS/c1-26(30,28(31,32)33)21-5-8-23-20(16-21)4-9-24-27(23,17-18-2-6-22(29)7-3-18)12-13-34(24)25(35)19-10-14-36-15-11-19/h2-3,5-8,16,19,24H,4,9-15,17H2,1H3/t24-,26?,27-/m1/s1. The summed E-state index contributed by atoms with van der Waals surface area (Å²) >= 11 is 1.87. The molecule has 5 rings (SSSR count). The Kier molecular flexibility index (Phi) is 6.63. The van der Waals surface area contributed by atoms with Crippen LogP contribution in [0.5, 0.6) is 0 Å². The third kappa shape index (κ3) is 4.33. The molecule has 2 heterocycles. The maximum Gasteiger partial charge on any atom is 0.426 e. The Morgan fingerprint density at radius 3 is 2.42 bits per heavy atom. The molecule has 0 aromatic heterocycles. The molecule has 2 aromatic carbocycles. The summed E-state index contributed by atoms with van der Waals surface area (Å²) in [5.41, 5.74) is -1.84. The number of alkyl halides is 4. The molecule has 3 aliphatic rings. The first-order valence-electron chi connectivity index (χ1n) is 12.6. The van der Waals surface area contributed by atoms with Gasteiger partial charge in [0.15, 0.2) is 0 Å². The first-order valence-corrected chi connectivity index (χ1v) is 13.7. The Morgan fingerprint density at radius 2 is 1.75 bits per heavy atom. The van der Waals surface area contributed by atoms with E-state index in [0.29, 0.717) is 44.7 Å². The van der Waals surface area contributed by atoms with E-state index in [2.05, 4.69) is 0 Å². The van der Waals surface area contributed by atoms with Crippen molar-refractivity contribution in [2.75, 3.05) is 18.1 Å². The second-order valence-corrected chi connectivity index (χ2v) is 11.8. The van der Waals surface area contributed by atoms with Crippen LogP contribution in [0.2, 0.25) is 0 Å². The molecule has 1 unspecified atom stereocenters. The Labute approximate surface area is 212 Å². The molecule has 0 spiro atoms. The van der Waals surface area contributed by atoms with Gasteiger partial charge in [0.25, 0.3) is 0 Å². The Hall–Kier alpha value is -2.09. The maximum absolute atomic E-state index is 14.8. The van der Waals surface area contributed by atoms with Crippen LogP contribution in [0.3, 0.4) is 0 Å². The summed E-state index contributed by atoms with van der Waals surface area (Å²) in [4.78, 5) is 15.6. The second kappa shape index (κ2) is 9.34. The number of amides is 1. The van der Waals surface area contributed by atoms with E-state index in [4.69, 9.17) is 0 Å². The molecular formula is C28H30F5NOS. The van der Waals surface area contributed by atoms with Gasteiger partial charge in [-0.2, -0.15) is 24.9 Å². The number of rotatable bonds is 4. The molecule has 2 nitrogen and oxygen atoms in total. The first-order chi connectivity index (χ1) is 17.0. The molecule has 0 bridgehead atoms. The number of hydrogen-bond acceptors (Lipinski definition) is 2. The van der Waals surface area contributed by atoms with Crippen LogP contribution in [0.1, 0.15) is 54.9 Å². The number of likely N-dealkylation sites (tertiary alicyclic amines) is 1. The van der Waals surface area contributed by atoms with Crippen LogP contribution in [0, 0.1) is 11.7 Å². The number of aryl methyl sites for hydroxylation is 1. The fraction of sp³-hybridized carbons (Fsp3) is 0.536. The minimum absolute atomic E-state index is 0.00988. The Morgan fingerprint density at radius 1 is 1.06 bits per heavy atom. The van der Waals surface area contributed by atoms with Crippen molar-refractivity contribution in [3.63, 3.8) is 0 Å². The third-order valence-electron chi connectivity index (χ3n) is 8.50. The van der Waals surface area contributed by atoms with Crippen LogP contribution in [-0.2, 0) is 28.7 Å². The van der Waals surface area contributed by atoms with E-state index in [1.165, 1.54) is 24.3 Å². The lowest BCUT2D eigenvalue weighted by Gasteiger charge is -2.44. The summed E-state index contributed by atoms with van der Waals surface area (Å²) in [6.45, 7) is 1.14. The van der Waals surface area contributed by atoms with Gasteiger partial charge in [0, 0.05) is 23.9 Å². The quantitative estimate of drug-likeness (QED) is 0.414. The van der Waals surface area contributed by atoms with E-state index in [-0.39, 0.29) is 23.7 Å². The number of nitrogens with zero attached hydrogens (tertiary/aromatic N) is 1. The largest absolute Gasteiger partial charge is 0.426 e. The van der Waals surface area contributed by atoms with Gasteiger partial charge in [-0.1, -0.05) is 30.3 Å². The molecule has 2 aliphatic heterocycles. The van der Waals surface area contributed by atoms with Gasteiger partial charge < -0.3 is 4.90 Å². The Balaban J connectivity index is 1.55. The summed E-state index contributed by atoms with van der Waals surface area (Å²) in [5, 5.41) is 0. The molecule has 194 valence electrons. The molecule has 1 aliphatic carbocycles. The minimum atomic E-state index is -5.01. The van der Waals surface area contributed by atoms with Crippen molar-refractivity contribution in [1.82, 2.24) is 4.90 Å². The van der Waals surface area contributed by atoms with E-state index in [9.17, 15) is 26.7 Å². The number of thioether (sulfide) groups is 1. The average molecular weight is 524 g/mol. The van der Waals surface area contributed by atoms with E-state index in [0.717, 1.165) is 35.5 Å². The monoisotopic (exact) mass is 523 g/mol. The molecule has 3 atom stereocenters. The van der Waals surface area contributed by atoms with Gasteiger partial charge in [0.05, 0.1) is 0 Å². The van der Waals surface area contributed by atoms with Gasteiger partial charge in [-0.3, -0.25) is 4.79 Å². The molecule has 0 radical (unpaired) electrons. The van der Waals surface area contributed by atoms with Crippen LogP contribution in [-0.4, -0.2) is 41.1 Å². The molecule has 2 fully saturated rings. The highest BCUT2D eigenvalue weighted by atomic mass is 32.2. The lowest BCUT2D eigenvalue weighted by atomic mass is 9.63. The normalized spacial score (nSPS) is 26.3. The molecule has 36 heavy (non-hydrogen) atoms. The molecule has 8 heteroatoms. The average Bonchev–Trinajstić information content (AvgIpc) is 3.24. The zero-order chi connectivity index (χ0) is 25.7. The molecular weight excluding hydrogens is 493 g/mol. The van der Waals surface area contributed by atoms with Crippen molar-refractivity contribution >= 4 is 17.7 Å². The van der Waals surface area contributed by atoms with Crippen molar-refractivity contribution in [3.05, 3.63) is 70.5 Å². The molecule has 0 saturated carbocycles. The van der Waals surface area contributed by atoms with Crippen molar-refractivity contribution in [3.8, 4) is 0 Å². The topological polar surface area (TPSA) is 20.3 Å². The number of benzene rings is 2. The highest BCUT2D eigenvalue weighted by molar-refractivity contribution is 7.99. The van der Waals surface area contributed by atoms with Crippen LogP contribution in [0.25, 0.3) is 0 Å². The fourth-order valence-corrected chi connectivity index (χ4v) is 7.54. The molecule has 1 amide bonds. The highest BCUT2D eigenvalue weighted by Gasteiger charge is 2.56. The molecule has 0 N–H and O–H groups in total. The van der Waals surface area contributed by atoms with Crippen molar-refractivity contribution in [1.29, 1.82) is 0 Å². The van der Waals surface area contributed by atoms with Crippen molar-refractivity contribution in [2.45, 2.75) is 68.8 Å². The van der Waals surface area contributed by atoms with Gasteiger partial charge in [-0.25, -0.2) is 8.78 Å². The van der Waals surface area contributed by atoms with Crippen molar-refractivity contribution in [2.24, 2.45) is 5.92 Å². The number of fused-ring (bicyclic) bond motifs is 3. The third-order valence-corrected chi connectivity index (χ3v) is 9.55. The van der Waals surface area contributed by atoms with Gasteiger partial charge in [-0.15, -0.1) is 0 Å². The van der Waals surface area contributed by atoms with Gasteiger partial charge in [0.2, 0.25) is 11.6 Å². The van der Waals surface area contributed by atoms with Crippen LogP contribution >= 0.6 is 11.8 Å². The summed E-state index contributed by atoms with van der Waals surface area (Å²) in [6.07, 6.45) is -0.980. The summed E-state index contributed by atoms with van der Waals surface area (Å²) in [7, 11) is 0. The lowest BCUT2D eigenvalue weighted by molar-refractivity contribution is -0.228. The summed E-state index contributed by atoms with van der Waals surface area (Å²) in [5.74, 6) is 1.80. The van der Waals surface area contributed by atoms with Crippen molar-refractivity contribution < 1.29 is 26.7 Å². The number of carbonyl (C=O) groups excluding carboxylic acids is 1. The van der Waals surface area contributed by atoms with E-state index in [1.807, 2.05) is 16.7 Å². The van der Waals surface area contributed by atoms with Crippen LogP contribution in [0.4, 0.5) is 22.0 Å². The SMILES string of the molecule is CC(F)(c1ccc2c(c1)CC[C@H]1N(C(=O)C3CCSCC3)CC[C@@]21Cc1ccc(F)cc1)C(F)(F)F. The van der Waals surface area contributed by atoms with Gasteiger partial charge >= 0.3 is 6.18 Å². The molecule has 2 aromatic rings. The van der Waals surface area contributed by atoms with Crippen LogP contribution < -0.4 is 0 Å². The Bertz CT molecular complexity index is 1130. The van der Waals surface area contributed by atoms with Gasteiger partial charge in [0.1, 0.15) is 5.82 Å². The second-order valence-electron chi connectivity index (χ2n) is 10.6. The summed E-state index contributed by atoms with van der Waals surface area (Å²) in [6, 6.07) is 10.5. The molecule has 2 saturated heterocycles. The zero-order valence-electron chi connectivity index (χ0n) is 20.2. The fourth-order valence-electron chi connectivity index (χ4n) is 6.43. The highest BCUT2D eigenvalue weighted by Crippen LogP contribution is 2.51. The summed E-state index contributed by atoms with van der Waals surface area (Å²) < 4.78 is 68.7. The van der Waals surface area contributed by atoms with Gasteiger partial charge in [-0.05, 0) is 91.3 Å². The predicted octanol–water partition coefficient (Wildman–Crippen LogP) is 6.74. The lowest BCUT2D eigenvalue weighted by Crippen LogP contribution is -2.50. The van der Waals surface area contributed by atoms with E-state index in [1.54, 1.807) is 18.2 Å².